The van der Waals surface area contributed by atoms with Crippen LogP contribution in [0.3, 0.4) is 0 Å². The summed E-state index contributed by atoms with van der Waals surface area (Å²) in [7, 11) is 0. The number of thiophene rings is 1. The third-order valence-electron chi connectivity index (χ3n) is 1.25. The Morgan fingerprint density at radius 2 is 2.30 bits per heavy atom. The molecular formula is C7H6KNS. The minimum Gasteiger partial charge on any atom is -1.00 e. The molecule has 2 aromatic heterocycles. The van der Waals surface area contributed by atoms with Crippen molar-refractivity contribution in [1.82, 2.24) is 4.98 Å². The van der Waals surface area contributed by atoms with E-state index in [-0.39, 0.29) is 52.8 Å². The van der Waals surface area contributed by atoms with Crippen molar-refractivity contribution in [2.75, 3.05) is 0 Å². The van der Waals surface area contributed by atoms with E-state index < -0.39 is 0 Å². The maximum absolute atomic E-state index is 3.99. The molecule has 0 unspecified atom stereocenters. The molecule has 0 fully saturated rings. The number of nitrogens with zero attached hydrogens (tertiary/aromatic N) is 1. The quantitative estimate of drug-likeness (QED) is 0.488. The molecule has 0 radical (unpaired) electrons. The normalized spacial score (nSPS) is 9.20. The molecule has 10 heavy (non-hydrogen) atoms. The van der Waals surface area contributed by atoms with Crippen LogP contribution in [0.15, 0.2) is 29.9 Å². The average molecular weight is 175 g/mol. The van der Waals surface area contributed by atoms with Crippen LogP contribution in [-0.2, 0) is 0 Å². The van der Waals surface area contributed by atoms with Crippen molar-refractivity contribution in [3.8, 4) is 0 Å². The molecular weight excluding hydrogens is 169 g/mol. The van der Waals surface area contributed by atoms with Gasteiger partial charge in [0.15, 0.2) is 0 Å². The van der Waals surface area contributed by atoms with Crippen LogP contribution in [0.1, 0.15) is 1.43 Å². The maximum atomic E-state index is 3.99. The number of fused-ring (bicyclic) bond motifs is 1. The minimum absolute atomic E-state index is 0. The number of aromatic nitrogens is 1. The van der Waals surface area contributed by atoms with Gasteiger partial charge in [0, 0.05) is 22.5 Å². The second-order valence-corrected chi connectivity index (χ2v) is 2.78. The number of hydrogen-bond donors (Lipinski definition) is 0. The molecule has 0 aliphatic carbocycles. The van der Waals surface area contributed by atoms with Crippen LogP contribution >= 0.6 is 11.3 Å². The van der Waals surface area contributed by atoms with E-state index in [9.17, 15) is 0 Å². The Labute approximate surface area is 107 Å². The molecule has 0 N–H and O–H groups in total. The molecule has 0 saturated heterocycles. The van der Waals surface area contributed by atoms with Crippen molar-refractivity contribution in [2.24, 2.45) is 0 Å². The van der Waals surface area contributed by atoms with E-state index in [0.717, 1.165) is 0 Å². The van der Waals surface area contributed by atoms with Crippen LogP contribution in [0.25, 0.3) is 10.1 Å². The first kappa shape index (κ1) is 8.84. The summed E-state index contributed by atoms with van der Waals surface area (Å²) in [4.78, 5) is 3.99. The maximum Gasteiger partial charge on any atom is 1.00 e. The molecule has 0 aromatic carbocycles. The summed E-state index contributed by atoms with van der Waals surface area (Å²) in [6.45, 7) is 0. The summed E-state index contributed by atoms with van der Waals surface area (Å²) in [5, 5.41) is 3.31. The molecule has 2 rings (SSSR count). The van der Waals surface area contributed by atoms with Crippen molar-refractivity contribution in [2.45, 2.75) is 0 Å². The van der Waals surface area contributed by atoms with E-state index in [4.69, 9.17) is 0 Å². The minimum atomic E-state index is 0. The molecule has 0 saturated carbocycles. The SMILES string of the molecule is [H-].[K+].c1cc2sccc2cn1. The zero-order valence-electron chi connectivity index (χ0n) is 6.74. The topological polar surface area (TPSA) is 12.9 Å². The fourth-order valence-electron chi connectivity index (χ4n) is 0.807. The summed E-state index contributed by atoms with van der Waals surface area (Å²) in [6.07, 6.45) is 3.70. The second kappa shape index (κ2) is 3.95. The molecule has 0 aliphatic heterocycles. The first-order valence-corrected chi connectivity index (χ1v) is 3.62. The van der Waals surface area contributed by atoms with Gasteiger partial charge in [-0.05, 0) is 17.5 Å². The van der Waals surface area contributed by atoms with E-state index in [0.29, 0.717) is 0 Å². The van der Waals surface area contributed by atoms with Crippen molar-refractivity contribution >= 4 is 21.4 Å². The van der Waals surface area contributed by atoms with Crippen molar-refractivity contribution in [3.63, 3.8) is 0 Å². The first-order chi connectivity index (χ1) is 4.47. The van der Waals surface area contributed by atoms with E-state index >= 15 is 0 Å². The zero-order chi connectivity index (χ0) is 6.10. The van der Waals surface area contributed by atoms with Gasteiger partial charge in [0.25, 0.3) is 0 Å². The van der Waals surface area contributed by atoms with Gasteiger partial charge in [0.1, 0.15) is 0 Å². The van der Waals surface area contributed by atoms with Gasteiger partial charge < -0.3 is 1.43 Å². The Morgan fingerprint density at radius 3 is 3.10 bits per heavy atom. The summed E-state index contributed by atoms with van der Waals surface area (Å²) < 4.78 is 1.31. The van der Waals surface area contributed by atoms with Gasteiger partial charge in [0.05, 0.1) is 0 Å². The fraction of sp³-hybridized carbons (Fsp3) is 0. The average Bonchev–Trinajstić information content (AvgIpc) is 2.33. The van der Waals surface area contributed by atoms with Crippen LogP contribution in [-0.4, -0.2) is 4.98 Å². The Hall–Kier alpha value is 0.746. The van der Waals surface area contributed by atoms with Gasteiger partial charge >= 0.3 is 51.4 Å². The first-order valence-electron chi connectivity index (χ1n) is 2.74. The summed E-state index contributed by atoms with van der Waals surface area (Å²) in [5.74, 6) is 0. The number of pyridine rings is 1. The Bertz CT molecular complexity index is 292. The van der Waals surface area contributed by atoms with E-state index in [1.165, 1.54) is 10.1 Å². The monoisotopic (exact) mass is 175 g/mol. The summed E-state index contributed by atoms with van der Waals surface area (Å²) in [5.41, 5.74) is 0. The van der Waals surface area contributed by atoms with E-state index in [2.05, 4.69) is 16.4 Å². The van der Waals surface area contributed by atoms with Crippen molar-refractivity contribution in [3.05, 3.63) is 29.9 Å². The number of rotatable bonds is 0. The van der Waals surface area contributed by atoms with Gasteiger partial charge in [-0.1, -0.05) is 0 Å². The van der Waals surface area contributed by atoms with Gasteiger partial charge in [-0.15, -0.1) is 11.3 Å². The Morgan fingerprint density at radius 1 is 1.40 bits per heavy atom. The van der Waals surface area contributed by atoms with Crippen LogP contribution in [0.5, 0.6) is 0 Å². The molecule has 2 aromatic rings. The summed E-state index contributed by atoms with van der Waals surface area (Å²) in [6, 6.07) is 4.10. The zero-order valence-corrected chi connectivity index (χ0v) is 9.68. The smallest absolute Gasteiger partial charge is 1.00 e. The molecule has 0 aliphatic rings. The molecule has 0 amide bonds. The van der Waals surface area contributed by atoms with Gasteiger partial charge in [-0.3, -0.25) is 4.98 Å². The van der Waals surface area contributed by atoms with E-state index in [1.807, 2.05) is 18.5 Å². The molecule has 2 heterocycles. The van der Waals surface area contributed by atoms with Crippen LogP contribution < -0.4 is 51.4 Å². The molecule has 3 heteroatoms. The standard InChI is InChI=1S/C7H5NS.K.H/c1-3-8-5-6-2-4-9-7(1)6;;/h1-5H;;/q;+1;-1. The second-order valence-electron chi connectivity index (χ2n) is 1.83. The third kappa shape index (κ3) is 1.67. The van der Waals surface area contributed by atoms with Crippen LogP contribution in [0, 0.1) is 0 Å². The third-order valence-corrected chi connectivity index (χ3v) is 2.15. The molecule has 46 valence electrons. The van der Waals surface area contributed by atoms with Crippen LogP contribution in [0.4, 0.5) is 0 Å². The number of hydrogen-bond acceptors (Lipinski definition) is 2. The predicted octanol–water partition coefficient (Wildman–Crippen LogP) is -0.587. The van der Waals surface area contributed by atoms with Gasteiger partial charge in [-0.25, -0.2) is 0 Å². The van der Waals surface area contributed by atoms with Crippen LogP contribution in [0.2, 0.25) is 0 Å². The predicted molar refractivity (Wildman–Crippen MR) is 40.7 cm³/mol. The van der Waals surface area contributed by atoms with Crippen molar-refractivity contribution in [1.29, 1.82) is 0 Å². The molecule has 0 bridgehead atoms. The Balaban J connectivity index is 0.000000500. The van der Waals surface area contributed by atoms with Gasteiger partial charge in [-0.2, -0.15) is 0 Å². The molecule has 0 spiro atoms. The molecule has 1 nitrogen and oxygen atoms in total. The molecule has 0 atom stereocenters. The van der Waals surface area contributed by atoms with Gasteiger partial charge in [0.2, 0.25) is 0 Å². The largest absolute Gasteiger partial charge is 1.00 e. The van der Waals surface area contributed by atoms with Crippen molar-refractivity contribution < 1.29 is 52.8 Å². The fourth-order valence-corrected chi connectivity index (χ4v) is 1.56. The Kier molecular flexibility index (Phi) is 3.49. The van der Waals surface area contributed by atoms with E-state index in [1.54, 1.807) is 11.3 Å². The summed E-state index contributed by atoms with van der Waals surface area (Å²) >= 11 is 1.75.